The second kappa shape index (κ2) is 12.7. The lowest BCUT2D eigenvalue weighted by Gasteiger charge is -2.34. The van der Waals surface area contributed by atoms with E-state index in [2.05, 4.69) is 60.6 Å². The van der Waals surface area contributed by atoms with Crippen LogP contribution in [0.5, 0.6) is 0 Å². The van der Waals surface area contributed by atoms with Crippen LogP contribution in [0.1, 0.15) is 33.3 Å². The summed E-state index contributed by atoms with van der Waals surface area (Å²) >= 11 is 0. The molecule has 0 spiro atoms. The number of β-amino-alcohol motifs (C(OH)–C–C–N with tert-alkyl or cyclic N) is 1. The molecule has 2 rings (SSSR count). The first-order chi connectivity index (χ1) is 13.3. The molecule has 1 saturated heterocycles. The van der Waals surface area contributed by atoms with Crippen LogP contribution < -0.4 is 10.6 Å². The molecule has 1 aliphatic rings. The van der Waals surface area contributed by atoms with Crippen molar-refractivity contribution in [1.29, 1.82) is 0 Å². The van der Waals surface area contributed by atoms with Gasteiger partial charge in [-0.2, -0.15) is 0 Å². The maximum atomic E-state index is 10.8. The number of hydrogen-bond donors (Lipinski definition) is 3. The van der Waals surface area contributed by atoms with Crippen LogP contribution >= 0.6 is 24.0 Å². The fourth-order valence-corrected chi connectivity index (χ4v) is 3.41. The highest BCUT2D eigenvalue weighted by molar-refractivity contribution is 14.0. The van der Waals surface area contributed by atoms with E-state index in [1.54, 1.807) is 0 Å². The van der Waals surface area contributed by atoms with E-state index in [9.17, 15) is 5.11 Å². The number of hydrogen-bond acceptors (Lipinski definition) is 4. The summed E-state index contributed by atoms with van der Waals surface area (Å²) in [4.78, 5) is 7.03. The van der Waals surface area contributed by atoms with Crippen LogP contribution in [0.2, 0.25) is 0 Å². The van der Waals surface area contributed by atoms with Gasteiger partial charge in [-0.3, -0.25) is 9.89 Å². The Morgan fingerprint density at radius 3 is 2.41 bits per heavy atom. The average molecular weight is 518 g/mol. The van der Waals surface area contributed by atoms with Crippen LogP contribution in [0, 0.1) is 5.41 Å². The number of morpholine rings is 1. The molecule has 1 aliphatic heterocycles. The summed E-state index contributed by atoms with van der Waals surface area (Å²) in [5.74, 6) is 0.755. The van der Waals surface area contributed by atoms with Crippen molar-refractivity contribution in [2.45, 2.75) is 39.7 Å². The maximum absolute atomic E-state index is 10.8. The molecular weight excluding hydrogens is 479 g/mol. The third-order valence-corrected chi connectivity index (χ3v) is 4.84. The molecule has 29 heavy (non-hydrogen) atoms. The summed E-state index contributed by atoms with van der Waals surface area (Å²) in [6, 6.07) is 10.5. The first-order valence-electron chi connectivity index (χ1n) is 10.4. The maximum Gasteiger partial charge on any atom is 0.191 e. The van der Waals surface area contributed by atoms with Gasteiger partial charge in [0.15, 0.2) is 5.96 Å². The molecule has 0 aliphatic carbocycles. The Balaban J connectivity index is 0.00000420. The van der Waals surface area contributed by atoms with Crippen LogP contribution in [0.3, 0.4) is 0 Å². The summed E-state index contributed by atoms with van der Waals surface area (Å²) in [7, 11) is 0. The van der Waals surface area contributed by atoms with Crippen LogP contribution in [0.4, 0.5) is 0 Å². The van der Waals surface area contributed by atoms with Gasteiger partial charge in [-0.1, -0.05) is 44.2 Å². The molecule has 1 heterocycles. The van der Waals surface area contributed by atoms with Gasteiger partial charge in [-0.05, 0) is 31.2 Å². The molecule has 0 amide bonds. The predicted molar refractivity (Wildman–Crippen MR) is 131 cm³/mol. The Bertz CT molecular complexity index is 602. The number of aliphatic imine (C=N–C) groups is 1. The van der Waals surface area contributed by atoms with Gasteiger partial charge in [-0.15, -0.1) is 24.0 Å². The molecule has 0 bridgehead atoms. The quantitative estimate of drug-likeness (QED) is 0.266. The van der Waals surface area contributed by atoms with Crippen molar-refractivity contribution >= 4 is 29.9 Å². The Hall–Kier alpha value is -0.900. The zero-order valence-corrected chi connectivity index (χ0v) is 20.7. The highest BCUT2D eigenvalue weighted by atomic mass is 127. The minimum absolute atomic E-state index is 0. The van der Waals surface area contributed by atoms with E-state index < -0.39 is 5.60 Å². The van der Waals surface area contributed by atoms with Crippen molar-refractivity contribution in [3.05, 3.63) is 35.9 Å². The molecular formula is C22H39IN4O2. The molecule has 1 unspecified atom stereocenters. The van der Waals surface area contributed by atoms with Crippen LogP contribution in [-0.4, -0.2) is 74.0 Å². The summed E-state index contributed by atoms with van der Waals surface area (Å²) < 4.78 is 5.38. The predicted octanol–water partition coefficient (Wildman–Crippen LogP) is 2.51. The lowest BCUT2D eigenvalue weighted by atomic mass is 9.86. The Kier molecular flexibility index (Phi) is 11.5. The van der Waals surface area contributed by atoms with Crippen molar-refractivity contribution in [3.63, 3.8) is 0 Å². The molecule has 1 aromatic rings. The fourth-order valence-electron chi connectivity index (χ4n) is 3.41. The van der Waals surface area contributed by atoms with Gasteiger partial charge in [0.25, 0.3) is 0 Å². The number of benzene rings is 1. The number of guanidine groups is 1. The van der Waals surface area contributed by atoms with Gasteiger partial charge in [-0.25, -0.2) is 0 Å². The van der Waals surface area contributed by atoms with E-state index >= 15 is 0 Å². The minimum atomic E-state index is -0.826. The van der Waals surface area contributed by atoms with E-state index in [-0.39, 0.29) is 29.4 Å². The molecule has 166 valence electrons. The Morgan fingerprint density at radius 1 is 1.14 bits per heavy atom. The molecule has 0 aromatic heterocycles. The molecule has 1 aromatic carbocycles. The standard InChI is InChI=1S/C22H38N4O2.HI/c1-5-23-20(24-16-21(2,3)15-19-9-7-6-8-10-19)25-17-22(4,27)18-26-11-13-28-14-12-26;/h6-10,27H,5,11-18H2,1-4H3,(H2,23,24,25);1H. The molecule has 6 nitrogen and oxygen atoms in total. The summed E-state index contributed by atoms with van der Waals surface area (Å²) in [5, 5.41) is 17.4. The van der Waals surface area contributed by atoms with Crippen LogP contribution in [0.25, 0.3) is 0 Å². The number of nitrogens with one attached hydrogen (secondary N) is 2. The fraction of sp³-hybridized carbons (Fsp3) is 0.682. The molecule has 3 N–H and O–H groups in total. The highest BCUT2D eigenvalue weighted by Crippen LogP contribution is 2.22. The lowest BCUT2D eigenvalue weighted by molar-refractivity contribution is -0.0201. The second-order valence-electron chi connectivity index (χ2n) is 8.76. The van der Waals surface area contributed by atoms with E-state index in [4.69, 9.17) is 9.73 Å². The summed E-state index contributed by atoms with van der Waals surface area (Å²) in [6.07, 6.45) is 0.978. The molecule has 0 radical (unpaired) electrons. The topological polar surface area (TPSA) is 69.1 Å². The van der Waals surface area contributed by atoms with Gasteiger partial charge >= 0.3 is 0 Å². The van der Waals surface area contributed by atoms with Crippen molar-refractivity contribution in [2.75, 3.05) is 52.5 Å². The first kappa shape index (κ1) is 26.1. The SMILES string of the molecule is CCNC(=NCC(C)(C)Cc1ccccc1)NCC(C)(O)CN1CCOCC1.I. The Morgan fingerprint density at radius 2 is 1.79 bits per heavy atom. The van der Waals surface area contributed by atoms with Crippen molar-refractivity contribution < 1.29 is 9.84 Å². The summed E-state index contributed by atoms with van der Waals surface area (Å²) in [6.45, 7) is 14.2. The molecule has 1 atom stereocenters. The molecule has 1 fully saturated rings. The van der Waals surface area contributed by atoms with Crippen molar-refractivity contribution in [2.24, 2.45) is 10.4 Å². The van der Waals surface area contributed by atoms with Gasteiger partial charge < -0.3 is 20.5 Å². The van der Waals surface area contributed by atoms with Gasteiger partial charge in [0.05, 0.1) is 18.8 Å². The molecule has 7 heteroatoms. The van der Waals surface area contributed by atoms with Gasteiger partial charge in [0.2, 0.25) is 0 Å². The minimum Gasteiger partial charge on any atom is -0.387 e. The third-order valence-electron chi connectivity index (χ3n) is 4.84. The lowest BCUT2D eigenvalue weighted by Crippen LogP contribution is -2.53. The zero-order chi connectivity index (χ0) is 20.5. The van der Waals surface area contributed by atoms with Crippen LogP contribution in [-0.2, 0) is 11.2 Å². The van der Waals surface area contributed by atoms with E-state index in [0.29, 0.717) is 19.6 Å². The number of nitrogens with zero attached hydrogens (tertiary/aromatic N) is 2. The normalized spacial score (nSPS) is 17.9. The number of rotatable bonds is 9. The van der Waals surface area contributed by atoms with E-state index in [0.717, 1.165) is 45.2 Å². The number of halogens is 1. The van der Waals surface area contributed by atoms with Gasteiger partial charge in [0.1, 0.15) is 0 Å². The Labute approximate surface area is 193 Å². The smallest absolute Gasteiger partial charge is 0.191 e. The summed E-state index contributed by atoms with van der Waals surface area (Å²) in [5.41, 5.74) is 0.557. The monoisotopic (exact) mass is 518 g/mol. The largest absolute Gasteiger partial charge is 0.387 e. The van der Waals surface area contributed by atoms with E-state index in [1.165, 1.54) is 5.56 Å². The van der Waals surface area contributed by atoms with Crippen molar-refractivity contribution in [3.8, 4) is 0 Å². The first-order valence-corrected chi connectivity index (χ1v) is 10.4. The zero-order valence-electron chi connectivity index (χ0n) is 18.4. The third kappa shape index (κ3) is 10.6. The second-order valence-corrected chi connectivity index (χ2v) is 8.76. The molecule has 0 saturated carbocycles. The van der Waals surface area contributed by atoms with Crippen molar-refractivity contribution in [1.82, 2.24) is 15.5 Å². The van der Waals surface area contributed by atoms with Gasteiger partial charge in [0, 0.05) is 39.3 Å². The number of aliphatic hydroxyl groups is 1. The van der Waals surface area contributed by atoms with E-state index in [1.807, 2.05) is 13.0 Å². The number of ether oxygens (including phenoxy) is 1. The average Bonchev–Trinajstić information content (AvgIpc) is 2.65. The highest BCUT2D eigenvalue weighted by Gasteiger charge is 2.26. The van der Waals surface area contributed by atoms with Crippen LogP contribution in [0.15, 0.2) is 35.3 Å².